The Morgan fingerprint density at radius 3 is 2.79 bits per heavy atom. The average Bonchev–Trinajstić information content (AvgIpc) is 2.58. The van der Waals surface area contributed by atoms with Crippen LogP contribution in [0.15, 0.2) is 24.3 Å². The van der Waals surface area contributed by atoms with Gasteiger partial charge >= 0.3 is 5.97 Å². The fraction of sp³-hybridized carbons (Fsp3) is 0.650. The van der Waals surface area contributed by atoms with Crippen LogP contribution in [0.4, 0.5) is 0 Å². The van der Waals surface area contributed by atoms with Gasteiger partial charge in [0.15, 0.2) is 0 Å². The molecule has 24 heavy (non-hydrogen) atoms. The topological polar surface area (TPSA) is 58.6 Å². The number of carboxylic acid groups (broad SMARTS) is 1. The highest BCUT2D eigenvalue weighted by molar-refractivity contribution is 5.66. The lowest BCUT2D eigenvalue weighted by Crippen LogP contribution is -2.28. The molecule has 0 amide bonds. The lowest BCUT2D eigenvalue weighted by molar-refractivity contribution is -0.137. The Morgan fingerprint density at radius 1 is 1.29 bits per heavy atom. The number of benzene rings is 1. The Morgan fingerprint density at radius 2 is 2.04 bits per heavy atom. The molecule has 0 aromatic heterocycles. The fourth-order valence-electron chi connectivity index (χ4n) is 3.49. The molecule has 1 saturated carbocycles. The minimum Gasteiger partial charge on any atom is -0.493 e. The lowest BCUT2D eigenvalue weighted by atomic mass is 9.85. The first kappa shape index (κ1) is 18.8. The molecular weight excluding hydrogens is 302 g/mol. The number of carbonyl (C=O) groups is 1. The number of nitrogens with one attached hydrogen (secondary N) is 1. The van der Waals surface area contributed by atoms with E-state index in [2.05, 4.69) is 18.3 Å². The molecule has 1 atom stereocenters. The summed E-state index contributed by atoms with van der Waals surface area (Å²) in [7, 11) is 0. The Bertz CT molecular complexity index is 497. The van der Waals surface area contributed by atoms with Gasteiger partial charge in [0.25, 0.3) is 0 Å². The molecule has 0 radical (unpaired) electrons. The lowest BCUT2D eigenvalue weighted by Gasteiger charge is -2.25. The minimum absolute atomic E-state index is 0.152. The van der Waals surface area contributed by atoms with Crippen LogP contribution in [0, 0.1) is 5.92 Å². The molecule has 0 bridgehead atoms. The zero-order chi connectivity index (χ0) is 17.2. The van der Waals surface area contributed by atoms with E-state index in [0.717, 1.165) is 23.8 Å². The van der Waals surface area contributed by atoms with Gasteiger partial charge in [0, 0.05) is 24.6 Å². The van der Waals surface area contributed by atoms with Gasteiger partial charge in [0.1, 0.15) is 5.75 Å². The van der Waals surface area contributed by atoms with E-state index < -0.39 is 5.97 Å². The van der Waals surface area contributed by atoms with Gasteiger partial charge in [0.05, 0.1) is 6.61 Å². The number of ether oxygens (including phenoxy) is 1. The van der Waals surface area contributed by atoms with Crippen molar-refractivity contribution in [2.24, 2.45) is 5.92 Å². The van der Waals surface area contributed by atoms with Gasteiger partial charge in [-0.25, -0.2) is 0 Å². The van der Waals surface area contributed by atoms with Crippen LogP contribution in [0.3, 0.4) is 0 Å². The molecule has 1 fully saturated rings. The Kier molecular flexibility index (Phi) is 8.10. The molecule has 1 aliphatic carbocycles. The number of hydrogen-bond donors (Lipinski definition) is 2. The summed E-state index contributed by atoms with van der Waals surface area (Å²) >= 11 is 0. The summed E-state index contributed by atoms with van der Waals surface area (Å²) in [6.45, 7) is 3.51. The monoisotopic (exact) mass is 333 g/mol. The zero-order valence-corrected chi connectivity index (χ0v) is 14.8. The minimum atomic E-state index is -0.773. The van der Waals surface area contributed by atoms with Gasteiger partial charge in [-0.05, 0) is 31.7 Å². The van der Waals surface area contributed by atoms with E-state index in [4.69, 9.17) is 9.84 Å². The maximum atomic E-state index is 10.6. The Labute approximate surface area is 145 Å². The first-order valence-electron chi connectivity index (χ1n) is 9.31. The van der Waals surface area contributed by atoms with Gasteiger partial charge < -0.3 is 15.2 Å². The summed E-state index contributed by atoms with van der Waals surface area (Å²) in [5, 5.41) is 12.3. The maximum absolute atomic E-state index is 10.6. The fourth-order valence-corrected chi connectivity index (χ4v) is 3.49. The summed E-state index contributed by atoms with van der Waals surface area (Å²) in [4.78, 5) is 10.6. The molecule has 0 saturated heterocycles. The summed E-state index contributed by atoms with van der Waals surface area (Å²) < 4.78 is 5.77. The number of hydrogen-bond acceptors (Lipinski definition) is 3. The van der Waals surface area contributed by atoms with Crippen LogP contribution >= 0.6 is 0 Å². The number of aliphatic carboxylic acids is 1. The van der Waals surface area contributed by atoms with Crippen LogP contribution in [0.2, 0.25) is 0 Å². The second kappa shape index (κ2) is 10.3. The predicted octanol–water partition coefficient (Wildman–Crippen LogP) is 4.38. The highest BCUT2D eigenvalue weighted by Gasteiger charge is 2.16. The summed E-state index contributed by atoms with van der Waals surface area (Å²) in [5.74, 6) is 0.967. The van der Waals surface area contributed by atoms with E-state index in [0.29, 0.717) is 19.1 Å². The molecule has 0 aliphatic heterocycles. The normalized spacial score (nSPS) is 16.7. The number of rotatable bonds is 10. The van der Waals surface area contributed by atoms with Crippen LogP contribution in [0.1, 0.15) is 63.9 Å². The van der Waals surface area contributed by atoms with E-state index in [1.54, 1.807) is 0 Å². The van der Waals surface area contributed by atoms with E-state index in [-0.39, 0.29) is 6.42 Å². The molecule has 0 unspecified atom stereocenters. The van der Waals surface area contributed by atoms with Crippen LogP contribution in [0.25, 0.3) is 0 Å². The Hall–Kier alpha value is -1.55. The highest BCUT2D eigenvalue weighted by Crippen LogP contribution is 2.27. The third-order valence-electron chi connectivity index (χ3n) is 4.82. The van der Waals surface area contributed by atoms with Gasteiger partial charge in [-0.3, -0.25) is 4.79 Å². The van der Waals surface area contributed by atoms with Crippen molar-refractivity contribution in [1.82, 2.24) is 5.32 Å². The third-order valence-corrected chi connectivity index (χ3v) is 4.82. The van der Waals surface area contributed by atoms with Gasteiger partial charge in [0.2, 0.25) is 0 Å². The van der Waals surface area contributed by atoms with Crippen molar-refractivity contribution in [2.45, 2.75) is 70.9 Å². The first-order valence-corrected chi connectivity index (χ1v) is 9.31. The van der Waals surface area contributed by atoms with E-state index >= 15 is 0 Å². The second-order valence-corrected chi connectivity index (χ2v) is 6.98. The van der Waals surface area contributed by atoms with Crippen molar-refractivity contribution in [3.8, 4) is 5.75 Å². The quantitative estimate of drug-likeness (QED) is 0.624. The predicted molar refractivity (Wildman–Crippen MR) is 96.3 cm³/mol. The van der Waals surface area contributed by atoms with Crippen molar-refractivity contribution in [3.63, 3.8) is 0 Å². The maximum Gasteiger partial charge on any atom is 0.303 e. The molecule has 134 valence electrons. The summed E-state index contributed by atoms with van der Waals surface area (Å²) in [6.07, 6.45) is 8.90. The van der Waals surface area contributed by atoms with Gasteiger partial charge in [-0.2, -0.15) is 0 Å². The average molecular weight is 333 g/mol. The van der Waals surface area contributed by atoms with Crippen LogP contribution in [-0.2, 0) is 11.3 Å². The van der Waals surface area contributed by atoms with Crippen molar-refractivity contribution in [3.05, 3.63) is 29.8 Å². The Balaban J connectivity index is 1.75. The molecule has 2 N–H and O–H groups in total. The standard InChI is InChI=1S/C20H31NO3/c1-16(14-17-8-3-2-4-9-17)21-15-18-10-5-6-11-19(18)24-13-7-12-20(22)23/h5-6,10-11,16-17,21H,2-4,7-9,12-15H2,1H3,(H,22,23)/t16-/m0/s1. The molecule has 1 aromatic carbocycles. The summed E-state index contributed by atoms with van der Waals surface area (Å²) in [5.41, 5.74) is 1.14. The molecule has 4 nitrogen and oxygen atoms in total. The SMILES string of the molecule is C[C@@H](CC1CCCCC1)NCc1ccccc1OCCCC(=O)O. The van der Waals surface area contributed by atoms with Crippen molar-refractivity contribution < 1.29 is 14.6 Å². The van der Waals surface area contributed by atoms with Crippen molar-refractivity contribution in [1.29, 1.82) is 0 Å². The molecule has 2 rings (SSSR count). The van der Waals surface area contributed by atoms with Crippen LogP contribution in [-0.4, -0.2) is 23.7 Å². The van der Waals surface area contributed by atoms with Crippen LogP contribution < -0.4 is 10.1 Å². The second-order valence-electron chi connectivity index (χ2n) is 6.98. The zero-order valence-electron chi connectivity index (χ0n) is 14.8. The third kappa shape index (κ3) is 6.91. The van der Waals surface area contributed by atoms with E-state index in [1.807, 2.05) is 18.2 Å². The number of para-hydroxylation sites is 1. The van der Waals surface area contributed by atoms with Gasteiger partial charge in [-0.15, -0.1) is 0 Å². The molecule has 1 aromatic rings. The number of carboxylic acids is 1. The van der Waals surface area contributed by atoms with Gasteiger partial charge in [-0.1, -0.05) is 50.3 Å². The summed E-state index contributed by atoms with van der Waals surface area (Å²) in [6, 6.07) is 8.53. The highest BCUT2D eigenvalue weighted by atomic mass is 16.5. The first-order chi connectivity index (χ1) is 11.6. The van der Waals surface area contributed by atoms with E-state index in [9.17, 15) is 4.79 Å². The van der Waals surface area contributed by atoms with E-state index in [1.165, 1.54) is 38.5 Å². The molecule has 0 heterocycles. The molecule has 1 aliphatic rings. The molecule has 4 heteroatoms. The van der Waals surface area contributed by atoms with Crippen LogP contribution in [0.5, 0.6) is 5.75 Å². The largest absolute Gasteiger partial charge is 0.493 e. The molecule has 0 spiro atoms. The molecular formula is C20H31NO3. The van der Waals surface area contributed by atoms with Crippen molar-refractivity contribution >= 4 is 5.97 Å². The van der Waals surface area contributed by atoms with Crippen molar-refractivity contribution in [2.75, 3.05) is 6.61 Å². The smallest absolute Gasteiger partial charge is 0.303 e.